The third-order valence-corrected chi connectivity index (χ3v) is 4.43. The van der Waals surface area contributed by atoms with Gasteiger partial charge < -0.3 is 0 Å². The SMILES string of the molecule is Cc1ccc(S[C@H](C)C(=O)NNC(=O)c2cccc([N+](=O)[O-])c2)cc1. The van der Waals surface area contributed by atoms with Gasteiger partial charge in [-0.15, -0.1) is 11.8 Å². The van der Waals surface area contributed by atoms with Crippen molar-refractivity contribution < 1.29 is 14.5 Å². The molecule has 0 unspecified atom stereocenters. The number of aryl methyl sites for hydroxylation is 1. The Labute approximate surface area is 148 Å². The fourth-order valence-corrected chi connectivity index (χ4v) is 2.79. The lowest BCUT2D eigenvalue weighted by Gasteiger charge is -2.13. The molecule has 2 N–H and O–H groups in total. The molecule has 0 spiro atoms. The summed E-state index contributed by atoms with van der Waals surface area (Å²) in [6, 6.07) is 13.0. The molecule has 7 nitrogen and oxygen atoms in total. The molecule has 2 aromatic rings. The second-order valence-electron chi connectivity index (χ2n) is 5.32. The molecule has 0 radical (unpaired) electrons. The zero-order valence-electron chi connectivity index (χ0n) is 13.7. The van der Waals surface area contributed by atoms with E-state index in [0.717, 1.165) is 16.5 Å². The lowest BCUT2D eigenvalue weighted by atomic mass is 10.2. The maximum Gasteiger partial charge on any atom is 0.270 e. The van der Waals surface area contributed by atoms with E-state index < -0.39 is 16.1 Å². The minimum absolute atomic E-state index is 0.0911. The molecule has 2 rings (SSSR count). The first-order chi connectivity index (χ1) is 11.9. The minimum Gasteiger partial charge on any atom is -0.272 e. The van der Waals surface area contributed by atoms with Crippen LogP contribution in [-0.2, 0) is 4.79 Å². The molecule has 0 bridgehead atoms. The van der Waals surface area contributed by atoms with Gasteiger partial charge in [-0.05, 0) is 32.0 Å². The summed E-state index contributed by atoms with van der Waals surface area (Å²) in [6.07, 6.45) is 0. The maximum absolute atomic E-state index is 12.1. The number of hydrazine groups is 1. The molecule has 2 aromatic carbocycles. The van der Waals surface area contributed by atoms with Crippen LogP contribution in [0.4, 0.5) is 5.69 Å². The van der Waals surface area contributed by atoms with E-state index >= 15 is 0 Å². The van der Waals surface area contributed by atoms with Gasteiger partial charge in [0.05, 0.1) is 10.2 Å². The lowest BCUT2D eigenvalue weighted by molar-refractivity contribution is -0.384. The first-order valence-corrected chi connectivity index (χ1v) is 8.33. The molecule has 130 valence electrons. The number of benzene rings is 2. The summed E-state index contributed by atoms with van der Waals surface area (Å²) in [5.41, 5.74) is 5.63. The van der Waals surface area contributed by atoms with Gasteiger partial charge in [0.1, 0.15) is 0 Å². The topological polar surface area (TPSA) is 101 Å². The van der Waals surface area contributed by atoms with E-state index in [4.69, 9.17) is 0 Å². The van der Waals surface area contributed by atoms with Crippen molar-refractivity contribution in [3.05, 3.63) is 69.8 Å². The van der Waals surface area contributed by atoms with Gasteiger partial charge in [-0.25, -0.2) is 0 Å². The highest BCUT2D eigenvalue weighted by Crippen LogP contribution is 2.23. The summed E-state index contributed by atoms with van der Waals surface area (Å²) in [5.74, 6) is -0.992. The monoisotopic (exact) mass is 359 g/mol. The van der Waals surface area contributed by atoms with Crippen molar-refractivity contribution in [1.82, 2.24) is 10.9 Å². The van der Waals surface area contributed by atoms with E-state index in [1.165, 1.54) is 30.0 Å². The fourth-order valence-electron chi connectivity index (χ4n) is 1.93. The van der Waals surface area contributed by atoms with E-state index in [1.54, 1.807) is 6.92 Å². The van der Waals surface area contributed by atoms with Crippen LogP contribution in [0, 0.1) is 17.0 Å². The normalized spacial score (nSPS) is 11.4. The zero-order valence-corrected chi connectivity index (χ0v) is 14.5. The van der Waals surface area contributed by atoms with Crippen LogP contribution < -0.4 is 10.9 Å². The number of nitro groups is 1. The van der Waals surface area contributed by atoms with Crippen LogP contribution in [-0.4, -0.2) is 22.0 Å². The number of non-ortho nitro benzene ring substituents is 1. The second kappa shape index (κ2) is 8.29. The van der Waals surface area contributed by atoms with Crippen molar-refractivity contribution in [2.24, 2.45) is 0 Å². The molecule has 2 amide bonds. The maximum atomic E-state index is 12.1. The predicted molar refractivity (Wildman–Crippen MR) is 95.2 cm³/mol. The highest BCUT2D eigenvalue weighted by Gasteiger charge is 2.16. The van der Waals surface area contributed by atoms with E-state index in [9.17, 15) is 19.7 Å². The first-order valence-electron chi connectivity index (χ1n) is 7.45. The average molecular weight is 359 g/mol. The molecule has 0 aromatic heterocycles. The molecule has 0 fully saturated rings. The van der Waals surface area contributed by atoms with E-state index in [1.807, 2.05) is 31.2 Å². The van der Waals surface area contributed by atoms with Gasteiger partial charge in [0, 0.05) is 22.6 Å². The van der Waals surface area contributed by atoms with Crippen molar-refractivity contribution in [2.45, 2.75) is 24.0 Å². The van der Waals surface area contributed by atoms with Crippen LogP contribution in [0.5, 0.6) is 0 Å². The molecule has 0 aliphatic heterocycles. The van der Waals surface area contributed by atoms with Crippen molar-refractivity contribution >= 4 is 29.3 Å². The second-order valence-corrected chi connectivity index (χ2v) is 6.74. The smallest absolute Gasteiger partial charge is 0.270 e. The number of amides is 2. The lowest BCUT2D eigenvalue weighted by Crippen LogP contribution is -2.44. The van der Waals surface area contributed by atoms with Gasteiger partial charge in [-0.1, -0.05) is 23.8 Å². The number of carbonyl (C=O) groups is 2. The van der Waals surface area contributed by atoms with Crippen molar-refractivity contribution in [3.8, 4) is 0 Å². The van der Waals surface area contributed by atoms with Gasteiger partial charge in [-0.2, -0.15) is 0 Å². The number of nitrogens with one attached hydrogen (secondary N) is 2. The van der Waals surface area contributed by atoms with Crippen LogP contribution in [0.1, 0.15) is 22.8 Å². The van der Waals surface area contributed by atoms with Crippen LogP contribution in [0.3, 0.4) is 0 Å². The Morgan fingerprint density at radius 3 is 2.44 bits per heavy atom. The van der Waals surface area contributed by atoms with Crippen LogP contribution in [0.2, 0.25) is 0 Å². The van der Waals surface area contributed by atoms with Crippen molar-refractivity contribution in [2.75, 3.05) is 0 Å². The van der Waals surface area contributed by atoms with Gasteiger partial charge in [0.25, 0.3) is 17.5 Å². The average Bonchev–Trinajstić information content (AvgIpc) is 2.61. The Hall–Kier alpha value is -2.87. The zero-order chi connectivity index (χ0) is 18.4. The quantitative estimate of drug-likeness (QED) is 0.486. The third-order valence-electron chi connectivity index (χ3n) is 3.32. The van der Waals surface area contributed by atoms with Crippen LogP contribution in [0.15, 0.2) is 53.4 Å². The number of carbonyl (C=O) groups excluding carboxylic acids is 2. The number of hydrogen-bond acceptors (Lipinski definition) is 5. The summed E-state index contributed by atoms with van der Waals surface area (Å²) >= 11 is 1.36. The van der Waals surface area contributed by atoms with E-state index in [0.29, 0.717) is 0 Å². The molecule has 8 heteroatoms. The summed E-state index contributed by atoms with van der Waals surface area (Å²) in [7, 11) is 0. The summed E-state index contributed by atoms with van der Waals surface area (Å²) in [4.78, 5) is 35.1. The summed E-state index contributed by atoms with van der Waals surface area (Å²) in [6.45, 7) is 3.70. The molecule has 0 heterocycles. The van der Waals surface area contributed by atoms with Crippen molar-refractivity contribution in [3.63, 3.8) is 0 Å². The number of rotatable bonds is 5. The Morgan fingerprint density at radius 1 is 1.12 bits per heavy atom. The minimum atomic E-state index is -0.621. The highest BCUT2D eigenvalue weighted by molar-refractivity contribution is 8.00. The van der Waals surface area contributed by atoms with E-state index in [-0.39, 0.29) is 17.2 Å². The van der Waals surface area contributed by atoms with Gasteiger partial charge in [0.15, 0.2) is 0 Å². The number of hydrogen-bond donors (Lipinski definition) is 2. The first kappa shape index (κ1) is 18.5. The Kier molecular flexibility index (Phi) is 6.13. The number of nitrogens with zero attached hydrogens (tertiary/aromatic N) is 1. The Balaban J connectivity index is 1.90. The van der Waals surface area contributed by atoms with Gasteiger partial charge >= 0.3 is 0 Å². The molecule has 0 saturated carbocycles. The molecule has 0 saturated heterocycles. The predicted octanol–water partition coefficient (Wildman–Crippen LogP) is 2.85. The third kappa shape index (κ3) is 5.32. The largest absolute Gasteiger partial charge is 0.272 e. The molecular formula is C17H17N3O4S. The molecule has 25 heavy (non-hydrogen) atoms. The molecule has 1 atom stereocenters. The standard InChI is InChI=1S/C17H17N3O4S/c1-11-6-8-15(9-7-11)25-12(2)16(21)18-19-17(22)13-4-3-5-14(10-13)20(23)24/h3-10,12H,1-2H3,(H,18,21)(H,19,22)/t12-/m1/s1. The molecular weight excluding hydrogens is 342 g/mol. The highest BCUT2D eigenvalue weighted by atomic mass is 32.2. The Bertz CT molecular complexity index is 793. The van der Waals surface area contributed by atoms with Gasteiger partial charge in [0.2, 0.25) is 0 Å². The number of thioether (sulfide) groups is 1. The summed E-state index contributed by atoms with van der Waals surface area (Å²) in [5, 5.41) is 10.3. The van der Waals surface area contributed by atoms with E-state index in [2.05, 4.69) is 10.9 Å². The fraction of sp³-hybridized carbons (Fsp3) is 0.176. The van der Waals surface area contributed by atoms with Crippen LogP contribution >= 0.6 is 11.8 Å². The van der Waals surface area contributed by atoms with Crippen molar-refractivity contribution in [1.29, 1.82) is 0 Å². The van der Waals surface area contributed by atoms with Crippen LogP contribution in [0.25, 0.3) is 0 Å². The molecule has 0 aliphatic rings. The Morgan fingerprint density at radius 2 is 1.80 bits per heavy atom. The number of nitro benzene ring substituents is 1. The summed E-state index contributed by atoms with van der Waals surface area (Å²) < 4.78 is 0. The van der Waals surface area contributed by atoms with Gasteiger partial charge in [-0.3, -0.25) is 30.6 Å². The molecule has 0 aliphatic carbocycles.